The molecule has 0 bridgehead atoms. The molecule has 0 radical (unpaired) electrons. The number of carbonyl (C=O) groups is 5. The van der Waals surface area contributed by atoms with E-state index in [2.05, 4.69) is 16.0 Å². The van der Waals surface area contributed by atoms with Gasteiger partial charge >= 0.3 is 18.2 Å². The number of rotatable bonds is 17. The van der Waals surface area contributed by atoms with Crippen LogP contribution in [-0.4, -0.2) is 104 Å². The van der Waals surface area contributed by atoms with Gasteiger partial charge in [0.2, 0.25) is 11.8 Å². The van der Waals surface area contributed by atoms with Gasteiger partial charge in [-0.25, -0.2) is 14.4 Å². The quantitative estimate of drug-likeness (QED) is 0.110. The Hall–Kier alpha value is -2.97. The molecule has 3 unspecified atom stereocenters. The van der Waals surface area contributed by atoms with Crippen molar-refractivity contribution >= 4 is 30.0 Å². The van der Waals surface area contributed by atoms with E-state index < -0.39 is 49.0 Å². The van der Waals surface area contributed by atoms with Crippen LogP contribution in [0.4, 0.5) is 9.59 Å². The van der Waals surface area contributed by atoms with Gasteiger partial charge in [-0.2, -0.15) is 0 Å². The number of carbonyl (C=O) groups excluding carboxylic acids is 5. The molecular formula is C27H50N4O10. The summed E-state index contributed by atoms with van der Waals surface area (Å²) in [5, 5.41) is 17.0. The average molecular weight is 591 g/mol. The molecule has 0 heterocycles. The van der Waals surface area contributed by atoms with Crippen molar-refractivity contribution in [3.63, 3.8) is 0 Å². The maximum atomic E-state index is 12.3. The Bertz CT molecular complexity index is 844. The Balaban J connectivity index is 4.55. The highest BCUT2D eigenvalue weighted by molar-refractivity contribution is 5.91. The third-order valence-corrected chi connectivity index (χ3v) is 5.37. The molecule has 14 heteroatoms. The Kier molecular flexibility index (Phi) is 17.8. The maximum absolute atomic E-state index is 12.3. The second-order valence-electron chi connectivity index (χ2n) is 11.3. The summed E-state index contributed by atoms with van der Waals surface area (Å²) in [6, 6.07) is -0.839. The van der Waals surface area contributed by atoms with Crippen molar-refractivity contribution in [2.24, 2.45) is 11.3 Å². The monoisotopic (exact) mass is 590 g/mol. The molecule has 0 aromatic rings. The highest BCUT2D eigenvalue weighted by Crippen LogP contribution is 2.23. The lowest BCUT2D eigenvalue weighted by molar-refractivity contribution is -0.213. The molecular weight excluding hydrogens is 540 g/mol. The summed E-state index contributed by atoms with van der Waals surface area (Å²) < 4.78 is 21.3. The minimum atomic E-state index is -1.02. The number of hydrogen-bond acceptors (Lipinski definition) is 10. The molecule has 0 saturated carbocycles. The van der Waals surface area contributed by atoms with E-state index >= 15 is 0 Å². The van der Waals surface area contributed by atoms with Gasteiger partial charge in [0.05, 0.1) is 18.8 Å². The maximum Gasteiger partial charge on any atom is 0.418 e. The number of esters is 1. The van der Waals surface area contributed by atoms with Crippen molar-refractivity contribution in [3.8, 4) is 0 Å². The van der Waals surface area contributed by atoms with Crippen LogP contribution in [0.5, 0.6) is 0 Å². The van der Waals surface area contributed by atoms with Crippen LogP contribution in [0.25, 0.3) is 0 Å². The number of aliphatic hydroxyl groups excluding tert-OH is 1. The zero-order chi connectivity index (χ0) is 31.8. The van der Waals surface area contributed by atoms with Gasteiger partial charge in [-0.15, -0.1) is 0 Å². The molecule has 0 aliphatic rings. The molecule has 0 spiro atoms. The predicted octanol–water partition coefficient (Wildman–Crippen LogP) is 1.54. The van der Waals surface area contributed by atoms with Gasteiger partial charge in [0, 0.05) is 26.6 Å². The summed E-state index contributed by atoms with van der Waals surface area (Å²) in [6.45, 7) is 14.1. The summed E-state index contributed by atoms with van der Waals surface area (Å²) in [6.07, 6.45) is -3.06. The number of amides is 4. The Morgan fingerprint density at radius 2 is 1.59 bits per heavy atom. The molecule has 4 N–H and O–H groups in total. The van der Waals surface area contributed by atoms with Crippen molar-refractivity contribution in [1.29, 1.82) is 0 Å². The molecule has 41 heavy (non-hydrogen) atoms. The van der Waals surface area contributed by atoms with E-state index in [0.717, 1.165) is 4.90 Å². The predicted molar refractivity (Wildman–Crippen MR) is 150 cm³/mol. The number of aliphatic hydroxyl groups is 1. The van der Waals surface area contributed by atoms with Crippen LogP contribution in [0, 0.1) is 11.3 Å². The molecule has 4 amide bonds. The number of likely N-dealkylation sites (N-methyl/N-ethyl adjacent to an activating group) is 2. The van der Waals surface area contributed by atoms with Crippen LogP contribution in [0.1, 0.15) is 68.2 Å². The van der Waals surface area contributed by atoms with E-state index in [1.807, 2.05) is 20.8 Å². The first-order valence-corrected chi connectivity index (χ1v) is 13.8. The lowest BCUT2D eigenvalue weighted by atomic mass is 9.89. The molecule has 0 saturated heterocycles. The van der Waals surface area contributed by atoms with Crippen molar-refractivity contribution in [3.05, 3.63) is 0 Å². The molecule has 0 rings (SSSR count). The summed E-state index contributed by atoms with van der Waals surface area (Å²) >= 11 is 0. The third-order valence-electron chi connectivity index (χ3n) is 5.37. The topological polar surface area (TPSA) is 182 Å². The van der Waals surface area contributed by atoms with E-state index in [9.17, 15) is 29.1 Å². The first kappa shape index (κ1) is 38.0. The van der Waals surface area contributed by atoms with Crippen LogP contribution >= 0.6 is 0 Å². The lowest BCUT2D eigenvalue weighted by Crippen LogP contribution is -2.51. The van der Waals surface area contributed by atoms with Crippen LogP contribution in [0.2, 0.25) is 0 Å². The molecule has 0 fully saturated rings. The minimum Gasteiger partial charge on any atom is -0.444 e. The van der Waals surface area contributed by atoms with Crippen LogP contribution in [0.15, 0.2) is 0 Å². The second kappa shape index (κ2) is 19.2. The first-order valence-electron chi connectivity index (χ1n) is 13.8. The Morgan fingerprint density at radius 1 is 0.951 bits per heavy atom. The van der Waals surface area contributed by atoms with E-state index in [4.69, 9.17) is 18.9 Å². The third kappa shape index (κ3) is 17.4. The molecule has 3 atom stereocenters. The fourth-order valence-corrected chi connectivity index (χ4v) is 3.72. The summed E-state index contributed by atoms with van der Waals surface area (Å²) in [5.41, 5.74) is -0.0968. The first-order chi connectivity index (χ1) is 19.0. The SMILES string of the molecule is CCNC(=O)C(C(C)C)N(C)C(=O)OC(=O)CNC(=O)CCNC(=O)OCC(OC(C)C)OC(CO)CC(C)(C)C. The standard InChI is InChI=1S/C27H50N4O10/c1-10-28-24(35)23(17(2)3)31(9)26(37)41-21(34)14-30-20(33)11-12-29-25(36)38-16-22(39-18(4)5)40-19(15-32)13-27(6,7)8/h17-19,22-23,32H,10-16H2,1-9H3,(H,28,35)(H,29,36)(H,30,33). The minimum absolute atomic E-state index is 0.0934. The van der Waals surface area contributed by atoms with Gasteiger partial charge < -0.3 is 40.0 Å². The zero-order valence-electron chi connectivity index (χ0n) is 25.9. The smallest absolute Gasteiger partial charge is 0.418 e. The molecule has 0 aliphatic heterocycles. The zero-order valence-corrected chi connectivity index (χ0v) is 25.9. The van der Waals surface area contributed by atoms with Crippen LogP contribution in [-0.2, 0) is 33.3 Å². The second-order valence-corrected chi connectivity index (χ2v) is 11.3. The van der Waals surface area contributed by atoms with Crippen molar-refractivity contribution in [2.45, 2.75) is 92.8 Å². The largest absolute Gasteiger partial charge is 0.444 e. The van der Waals surface area contributed by atoms with Crippen molar-refractivity contribution in [1.82, 2.24) is 20.9 Å². The van der Waals surface area contributed by atoms with E-state index in [0.29, 0.717) is 13.0 Å². The van der Waals surface area contributed by atoms with E-state index in [1.54, 1.807) is 34.6 Å². The van der Waals surface area contributed by atoms with Crippen LogP contribution < -0.4 is 16.0 Å². The Morgan fingerprint density at radius 3 is 2.10 bits per heavy atom. The van der Waals surface area contributed by atoms with Gasteiger partial charge in [0.15, 0.2) is 6.29 Å². The normalized spacial score (nSPS) is 13.7. The average Bonchev–Trinajstić information content (AvgIpc) is 2.84. The number of nitrogens with one attached hydrogen (secondary N) is 3. The highest BCUT2D eigenvalue weighted by atomic mass is 16.7. The summed E-state index contributed by atoms with van der Waals surface area (Å²) in [7, 11) is 1.35. The highest BCUT2D eigenvalue weighted by Gasteiger charge is 2.31. The van der Waals surface area contributed by atoms with Crippen LogP contribution in [0.3, 0.4) is 0 Å². The lowest BCUT2D eigenvalue weighted by Gasteiger charge is -2.29. The molecule has 14 nitrogen and oxygen atoms in total. The van der Waals surface area contributed by atoms with E-state index in [-0.39, 0.29) is 49.5 Å². The summed E-state index contributed by atoms with van der Waals surface area (Å²) in [4.78, 5) is 61.7. The number of ether oxygens (including phenoxy) is 4. The van der Waals surface area contributed by atoms with Gasteiger partial charge in [-0.05, 0) is 38.5 Å². The summed E-state index contributed by atoms with van der Waals surface area (Å²) in [5.74, 6) is -2.20. The van der Waals surface area contributed by atoms with Crippen molar-refractivity contribution < 1.29 is 48.0 Å². The van der Waals surface area contributed by atoms with Gasteiger partial charge in [0.25, 0.3) is 0 Å². The number of hydrogen-bond donors (Lipinski definition) is 4. The van der Waals surface area contributed by atoms with Gasteiger partial charge in [0.1, 0.15) is 19.2 Å². The number of nitrogens with zero attached hydrogens (tertiary/aromatic N) is 1. The number of alkyl carbamates (subject to hydrolysis) is 1. The molecule has 0 aromatic carbocycles. The Labute approximate surface area is 243 Å². The molecule has 238 valence electrons. The molecule has 0 aliphatic carbocycles. The molecule has 0 aromatic heterocycles. The van der Waals surface area contributed by atoms with Gasteiger partial charge in [-0.1, -0.05) is 34.6 Å². The van der Waals surface area contributed by atoms with Gasteiger partial charge in [-0.3, -0.25) is 14.5 Å². The fourth-order valence-electron chi connectivity index (χ4n) is 3.72. The fraction of sp³-hybridized carbons (Fsp3) is 0.815. The van der Waals surface area contributed by atoms with Crippen molar-refractivity contribution in [2.75, 3.05) is 39.9 Å². The van der Waals surface area contributed by atoms with E-state index in [1.165, 1.54) is 7.05 Å².